The number of aliphatic hydroxyl groups excluding tert-OH is 1. The summed E-state index contributed by atoms with van der Waals surface area (Å²) in [4.78, 5) is 2.23. The van der Waals surface area contributed by atoms with Gasteiger partial charge in [0.1, 0.15) is 0 Å². The lowest BCUT2D eigenvalue weighted by Crippen LogP contribution is -2.20. The average molecular weight is 287 g/mol. The van der Waals surface area contributed by atoms with Gasteiger partial charge in [0.2, 0.25) is 0 Å². The first-order valence-electron chi connectivity index (χ1n) is 7.45. The van der Waals surface area contributed by atoms with Crippen molar-refractivity contribution in [1.29, 1.82) is 0 Å². The first-order chi connectivity index (χ1) is 10.0. The molecule has 0 aliphatic carbocycles. The van der Waals surface area contributed by atoms with Crippen LogP contribution < -0.4 is 0 Å². The minimum atomic E-state index is 0.241. The minimum Gasteiger partial charge on any atom is -0.396 e. The molecule has 1 aromatic carbocycles. The Morgan fingerprint density at radius 2 is 1.90 bits per heavy atom. The average Bonchev–Trinajstić information content (AvgIpc) is 2.73. The van der Waals surface area contributed by atoms with Gasteiger partial charge in [-0.25, -0.2) is 4.68 Å². The zero-order valence-electron chi connectivity index (χ0n) is 13.4. The number of aliphatic hydroxyl groups is 1. The molecule has 1 aromatic heterocycles. The highest BCUT2D eigenvalue weighted by Crippen LogP contribution is 2.21. The van der Waals surface area contributed by atoms with E-state index in [1.165, 1.54) is 16.8 Å². The normalized spacial score (nSPS) is 11.3. The lowest BCUT2D eigenvalue weighted by atomic mass is 10.1. The van der Waals surface area contributed by atoms with Crippen molar-refractivity contribution in [3.05, 3.63) is 46.8 Å². The van der Waals surface area contributed by atoms with Gasteiger partial charge in [-0.05, 0) is 45.9 Å². The molecule has 4 heteroatoms. The number of rotatable bonds is 6. The van der Waals surface area contributed by atoms with Gasteiger partial charge < -0.3 is 10.0 Å². The van der Waals surface area contributed by atoms with Gasteiger partial charge in [0.25, 0.3) is 0 Å². The van der Waals surface area contributed by atoms with Crippen molar-refractivity contribution >= 4 is 0 Å². The Morgan fingerprint density at radius 1 is 1.19 bits per heavy atom. The summed E-state index contributed by atoms with van der Waals surface area (Å²) in [5, 5.41) is 13.6. The second-order valence-electron chi connectivity index (χ2n) is 5.66. The van der Waals surface area contributed by atoms with Crippen LogP contribution in [0.3, 0.4) is 0 Å². The van der Waals surface area contributed by atoms with Gasteiger partial charge in [-0.2, -0.15) is 5.10 Å². The predicted molar refractivity (Wildman–Crippen MR) is 85.8 cm³/mol. The lowest BCUT2D eigenvalue weighted by Gasteiger charge is -2.16. The van der Waals surface area contributed by atoms with Crippen molar-refractivity contribution in [1.82, 2.24) is 14.7 Å². The highest BCUT2D eigenvalue weighted by molar-refractivity contribution is 5.42. The third-order valence-corrected chi connectivity index (χ3v) is 3.91. The van der Waals surface area contributed by atoms with Crippen molar-refractivity contribution < 1.29 is 5.11 Å². The summed E-state index contributed by atoms with van der Waals surface area (Å²) in [6, 6.07) is 8.31. The van der Waals surface area contributed by atoms with Gasteiger partial charge in [0.15, 0.2) is 0 Å². The molecule has 1 heterocycles. The SMILES string of the molecule is Cc1ccccc1-n1nc(C)c(CN(C)CCCO)c1C. The topological polar surface area (TPSA) is 41.3 Å². The molecule has 0 bridgehead atoms. The van der Waals surface area contributed by atoms with E-state index in [-0.39, 0.29) is 6.61 Å². The second kappa shape index (κ2) is 6.87. The number of aromatic nitrogens is 2. The minimum absolute atomic E-state index is 0.241. The molecule has 1 N–H and O–H groups in total. The standard InChI is InChI=1S/C17H25N3O/c1-13-8-5-6-9-17(13)20-15(3)16(14(2)18-20)12-19(4)10-7-11-21/h5-6,8-9,21H,7,10-12H2,1-4H3. The molecule has 0 saturated carbocycles. The van der Waals surface area contributed by atoms with Crippen LogP contribution in [0, 0.1) is 20.8 Å². The molecule has 2 aromatic rings. The number of hydrogen-bond acceptors (Lipinski definition) is 3. The molecule has 2 rings (SSSR count). The zero-order chi connectivity index (χ0) is 15.4. The predicted octanol–water partition coefficient (Wildman–Crippen LogP) is 2.61. The van der Waals surface area contributed by atoms with Gasteiger partial charge in [0, 0.05) is 31.0 Å². The highest BCUT2D eigenvalue weighted by atomic mass is 16.3. The summed E-state index contributed by atoms with van der Waals surface area (Å²) in [6.07, 6.45) is 0.806. The van der Waals surface area contributed by atoms with E-state index in [9.17, 15) is 0 Å². The van der Waals surface area contributed by atoms with Crippen molar-refractivity contribution in [3.63, 3.8) is 0 Å². The van der Waals surface area contributed by atoms with Gasteiger partial charge in [0.05, 0.1) is 11.4 Å². The summed E-state index contributed by atoms with van der Waals surface area (Å²) in [5.74, 6) is 0. The molecule has 0 aliphatic rings. The van der Waals surface area contributed by atoms with E-state index in [4.69, 9.17) is 10.2 Å². The second-order valence-corrected chi connectivity index (χ2v) is 5.66. The maximum absolute atomic E-state index is 8.93. The Kier molecular flexibility index (Phi) is 5.15. The van der Waals surface area contributed by atoms with Crippen LogP contribution in [0.15, 0.2) is 24.3 Å². The number of benzene rings is 1. The Hall–Kier alpha value is -1.65. The van der Waals surface area contributed by atoms with Gasteiger partial charge in [-0.15, -0.1) is 0 Å². The van der Waals surface area contributed by atoms with E-state index in [0.717, 1.165) is 30.9 Å². The summed E-state index contributed by atoms with van der Waals surface area (Å²) < 4.78 is 2.04. The summed E-state index contributed by atoms with van der Waals surface area (Å²) in [7, 11) is 2.08. The van der Waals surface area contributed by atoms with Crippen LogP contribution in [0.1, 0.15) is 28.9 Å². The van der Waals surface area contributed by atoms with E-state index in [2.05, 4.69) is 44.9 Å². The third-order valence-electron chi connectivity index (χ3n) is 3.91. The fourth-order valence-electron chi connectivity index (χ4n) is 2.63. The van der Waals surface area contributed by atoms with Crippen molar-refractivity contribution in [2.75, 3.05) is 20.2 Å². The van der Waals surface area contributed by atoms with Crippen LogP contribution in [-0.2, 0) is 6.54 Å². The van der Waals surface area contributed by atoms with Gasteiger partial charge in [-0.1, -0.05) is 18.2 Å². The molecular weight excluding hydrogens is 262 g/mol. The molecule has 0 saturated heterocycles. The van der Waals surface area contributed by atoms with E-state index in [0.29, 0.717) is 0 Å². The number of aryl methyl sites for hydroxylation is 2. The Morgan fingerprint density at radius 3 is 2.57 bits per heavy atom. The molecule has 0 atom stereocenters. The Balaban J connectivity index is 2.28. The van der Waals surface area contributed by atoms with Crippen molar-refractivity contribution in [2.24, 2.45) is 0 Å². The van der Waals surface area contributed by atoms with E-state index in [1.54, 1.807) is 0 Å². The van der Waals surface area contributed by atoms with Crippen molar-refractivity contribution in [2.45, 2.75) is 33.7 Å². The first kappa shape index (κ1) is 15.7. The quantitative estimate of drug-likeness (QED) is 0.888. The summed E-state index contributed by atoms with van der Waals surface area (Å²) >= 11 is 0. The maximum Gasteiger partial charge on any atom is 0.0678 e. The molecule has 0 fully saturated rings. The molecule has 0 spiro atoms. The smallest absolute Gasteiger partial charge is 0.0678 e. The van der Waals surface area contributed by atoms with Crippen LogP contribution in [0.2, 0.25) is 0 Å². The fourth-order valence-corrected chi connectivity index (χ4v) is 2.63. The monoisotopic (exact) mass is 287 g/mol. The Bertz CT molecular complexity index is 604. The number of hydrogen-bond donors (Lipinski definition) is 1. The number of nitrogens with zero attached hydrogens (tertiary/aromatic N) is 3. The molecule has 21 heavy (non-hydrogen) atoms. The zero-order valence-corrected chi connectivity index (χ0v) is 13.4. The van der Waals surface area contributed by atoms with Crippen molar-refractivity contribution in [3.8, 4) is 5.69 Å². The first-order valence-corrected chi connectivity index (χ1v) is 7.45. The molecule has 114 valence electrons. The number of para-hydroxylation sites is 1. The third kappa shape index (κ3) is 3.52. The van der Waals surface area contributed by atoms with Gasteiger partial charge in [-0.3, -0.25) is 0 Å². The van der Waals surface area contributed by atoms with Crippen LogP contribution >= 0.6 is 0 Å². The van der Waals surface area contributed by atoms with Crippen LogP contribution in [0.4, 0.5) is 0 Å². The molecule has 0 amide bonds. The van der Waals surface area contributed by atoms with Crippen LogP contribution in [0.25, 0.3) is 5.69 Å². The Labute approximate surface area is 127 Å². The highest BCUT2D eigenvalue weighted by Gasteiger charge is 2.15. The van der Waals surface area contributed by atoms with Crippen LogP contribution in [-0.4, -0.2) is 40.0 Å². The largest absolute Gasteiger partial charge is 0.396 e. The molecule has 4 nitrogen and oxygen atoms in total. The maximum atomic E-state index is 8.93. The van der Waals surface area contributed by atoms with E-state index >= 15 is 0 Å². The van der Waals surface area contributed by atoms with E-state index in [1.807, 2.05) is 16.8 Å². The molecule has 0 radical (unpaired) electrons. The fraction of sp³-hybridized carbons (Fsp3) is 0.471. The van der Waals surface area contributed by atoms with E-state index < -0.39 is 0 Å². The summed E-state index contributed by atoms with van der Waals surface area (Å²) in [5.41, 5.74) is 5.91. The van der Waals surface area contributed by atoms with Crippen LogP contribution in [0.5, 0.6) is 0 Å². The molecular formula is C17H25N3O. The molecule has 0 unspecified atom stereocenters. The molecule has 0 aliphatic heterocycles. The lowest BCUT2D eigenvalue weighted by molar-refractivity contribution is 0.244. The summed E-state index contributed by atoms with van der Waals surface area (Å²) in [6.45, 7) is 8.30. The van der Waals surface area contributed by atoms with Gasteiger partial charge >= 0.3 is 0 Å².